The number of para-hydroxylation sites is 1. The number of aldehydes is 1. The van der Waals surface area contributed by atoms with Crippen LogP contribution in [0, 0.1) is 6.92 Å². The number of rotatable bonds is 4. The number of carbonyl (C=O) groups excluding carboxylic acids is 1. The zero-order chi connectivity index (χ0) is 13.0. The molecule has 2 rings (SSSR count). The van der Waals surface area contributed by atoms with Crippen LogP contribution in [0.2, 0.25) is 0 Å². The third-order valence-electron chi connectivity index (χ3n) is 2.71. The van der Waals surface area contributed by atoms with Gasteiger partial charge in [-0.3, -0.25) is 4.79 Å². The summed E-state index contributed by atoms with van der Waals surface area (Å²) in [6.07, 6.45) is 0.850. The maximum absolute atomic E-state index is 10.9. The van der Waals surface area contributed by atoms with Crippen LogP contribution in [0.4, 0.5) is 0 Å². The number of benzene rings is 2. The number of carbonyl (C=O) groups is 1. The van der Waals surface area contributed by atoms with Crippen LogP contribution in [0.15, 0.2) is 46.9 Å². The zero-order valence-electron chi connectivity index (χ0n) is 10.0. The van der Waals surface area contributed by atoms with E-state index in [-0.39, 0.29) is 0 Å². The van der Waals surface area contributed by atoms with Crippen LogP contribution in [0.1, 0.15) is 21.5 Å². The van der Waals surface area contributed by atoms with E-state index in [0.717, 1.165) is 27.6 Å². The molecule has 0 unspecified atom stereocenters. The van der Waals surface area contributed by atoms with E-state index < -0.39 is 0 Å². The third-order valence-corrected chi connectivity index (χ3v) is 3.20. The molecule has 0 saturated carbocycles. The van der Waals surface area contributed by atoms with Gasteiger partial charge in [0.15, 0.2) is 0 Å². The smallest absolute Gasteiger partial charge is 0.150 e. The predicted octanol–water partition coefficient (Wildman–Crippen LogP) is 4.15. The Hall–Kier alpha value is -1.61. The van der Waals surface area contributed by atoms with E-state index in [2.05, 4.69) is 15.9 Å². The highest BCUT2D eigenvalue weighted by Crippen LogP contribution is 2.20. The van der Waals surface area contributed by atoms with Gasteiger partial charge in [0.1, 0.15) is 18.6 Å². The highest BCUT2D eigenvalue weighted by Gasteiger charge is 2.04. The molecule has 0 spiro atoms. The van der Waals surface area contributed by atoms with Crippen molar-refractivity contribution in [3.05, 3.63) is 63.6 Å². The molecule has 0 heterocycles. The van der Waals surface area contributed by atoms with Crippen LogP contribution in [-0.4, -0.2) is 6.29 Å². The van der Waals surface area contributed by atoms with Gasteiger partial charge in [-0.15, -0.1) is 0 Å². The number of ether oxygens (including phenoxy) is 1. The summed E-state index contributed by atoms with van der Waals surface area (Å²) in [6.45, 7) is 2.38. The monoisotopic (exact) mass is 304 g/mol. The molecule has 92 valence electrons. The van der Waals surface area contributed by atoms with Crippen LogP contribution in [0.5, 0.6) is 5.75 Å². The summed E-state index contributed by atoms with van der Waals surface area (Å²) < 4.78 is 6.68. The Bertz CT molecular complexity index is 564. The fourth-order valence-corrected chi connectivity index (χ4v) is 2.10. The van der Waals surface area contributed by atoms with Gasteiger partial charge in [-0.25, -0.2) is 0 Å². The standard InChI is InChI=1S/C15H13BrO2/c1-11-4-2-3-5-15(11)18-10-13-8-14(16)7-6-12(13)9-17/h2-9H,10H2,1H3. The van der Waals surface area contributed by atoms with Gasteiger partial charge < -0.3 is 4.74 Å². The molecule has 0 aliphatic heterocycles. The predicted molar refractivity (Wildman–Crippen MR) is 75.0 cm³/mol. The summed E-state index contributed by atoms with van der Waals surface area (Å²) in [5.74, 6) is 0.842. The van der Waals surface area contributed by atoms with Gasteiger partial charge in [-0.05, 0) is 30.7 Å². The SMILES string of the molecule is Cc1ccccc1OCc1cc(Br)ccc1C=O. The second-order valence-electron chi connectivity index (χ2n) is 4.02. The van der Waals surface area contributed by atoms with Crippen LogP contribution >= 0.6 is 15.9 Å². The summed E-state index contributed by atoms with van der Waals surface area (Å²) in [4.78, 5) is 10.9. The van der Waals surface area contributed by atoms with Gasteiger partial charge >= 0.3 is 0 Å². The average molecular weight is 305 g/mol. The normalized spacial score (nSPS) is 10.1. The van der Waals surface area contributed by atoms with Crippen molar-refractivity contribution in [2.24, 2.45) is 0 Å². The molecule has 0 saturated heterocycles. The first-order valence-corrected chi connectivity index (χ1v) is 6.42. The van der Waals surface area contributed by atoms with Gasteiger partial charge in [0.2, 0.25) is 0 Å². The summed E-state index contributed by atoms with van der Waals surface area (Å²) in [6, 6.07) is 13.4. The van der Waals surface area contributed by atoms with E-state index in [1.54, 1.807) is 6.07 Å². The molecule has 0 aliphatic carbocycles. The second-order valence-corrected chi connectivity index (χ2v) is 4.93. The Morgan fingerprint density at radius 3 is 2.72 bits per heavy atom. The summed E-state index contributed by atoms with van der Waals surface area (Å²) >= 11 is 3.39. The lowest BCUT2D eigenvalue weighted by Crippen LogP contribution is -2.00. The first kappa shape index (κ1) is 12.8. The second kappa shape index (κ2) is 5.83. The van der Waals surface area contributed by atoms with Gasteiger partial charge in [-0.2, -0.15) is 0 Å². The maximum Gasteiger partial charge on any atom is 0.150 e. The molecule has 0 amide bonds. The molecule has 0 aliphatic rings. The van der Waals surface area contributed by atoms with E-state index in [0.29, 0.717) is 12.2 Å². The van der Waals surface area contributed by atoms with Crippen molar-refractivity contribution in [3.63, 3.8) is 0 Å². The Labute approximate surface area is 115 Å². The molecule has 0 fully saturated rings. The van der Waals surface area contributed by atoms with E-state index >= 15 is 0 Å². The van der Waals surface area contributed by atoms with Gasteiger partial charge in [0.25, 0.3) is 0 Å². The Kier molecular flexibility index (Phi) is 4.15. The molecule has 0 atom stereocenters. The molecule has 0 N–H and O–H groups in total. The lowest BCUT2D eigenvalue weighted by atomic mass is 10.1. The fraction of sp³-hybridized carbons (Fsp3) is 0.133. The third kappa shape index (κ3) is 2.99. The van der Waals surface area contributed by atoms with Crippen molar-refractivity contribution in [1.82, 2.24) is 0 Å². The van der Waals surface area contributed by atoms with Crippen molar-refractivity contribution in [3.8, 4) is 5.75 Å². The van der Waals surface area contributed by atoms with E-state index in [9.17, 15) is 4.79 Å². The molecular weight excluding hydrogens is 292 g/mol. The molecule has 2 nitrogen and oxygen atoms in total. The zero-order valence-corrected chi connectivity index (χ0v) is 11.6. The Morgan fingerprint density at radius 2 is 2.00 bits per heavy atom. The van der Waals surface area contributed by atoms with E-state index in [4.69, 9.17) is 4.74 Å². The Morgan fingerprint density at radius 1 is 1.22 bits per heavy atom. The molecule has 0 bridgehead atoms. The molecule has 0 radical (unpaired) electrons. The molecule has 0 aromatic heterocycles. The van der Waals surface area contributed by atoms with Crippen LogP contribution in [-0.2, 0) is 6.61 Å². The highest BCUT2D eigenvalue weighted by atomic mass is 79.9. The topological polar surface area (TPSA) is 26.3 Å². The van der Waals surface area contributed by atoms with Crippen molar-refractivity contribution >= 4 is 22.2 Å². The number of aryl methyl sites for hydroxylation is 1. The molecule has 2 aromatic rings. The van der Waals surface area contributed by atoms with Crippen molar-refractivity contribution < 1.29 is 9.53 Å². The molecule has 3 heteroatoms. The highest BCUT2D eigenvalue weighted by molar-refractivity contribution is 9.10. The van der Waals surface area contributed by atoms with E-state index in [1.807, 2.05) is 43.3 Å². The number of halogens is 1. The maximum atomic E-state index is 10.9. The van der Waals surface area contributed by atoms with Crippen LogP contribution < -0.4 is 4.74 Å². The fourth-order valence-electron chi connectivity index (χ4n) is 1.69. The van der Waals surface area contributed by atoms with E-state index in [1.165, 1.54) is 0 Å². The first-order valence-electron chi connectivity index (χ1n) is 5.63. The lowest BCUT2D eigenvalue weighted by Gasteiger charge is -2.10. The molecule has 2 aromatic carbocycles. The minimum atomic E-state index is 0.387. The van der Waals surface area contributed by atoms with Crippen molar-refractivity contribution in [2.75, 3.05) is 0 Å². The van der Waals surface area contributed by atoms with Gasteiger partial charge in [0.05, 0.1) is 0 Å². The van der Waals surface area contributed by atoms with Crippen molar-refractivity contribution in [1.29, 1.82) is 0 Å². The van der Waals surface area contributed by atoms with Gasteiger partial charge in [0, 0.05) is 15.6 Å². The summed E-state index contributed by atoms with van der Waals surface area (Å²) in [7, 11) is 0. The number of hydrogen-bond acceptors (Lipinski definition) is 2. The molecular formula is C15H13BrO2. The Balaban J connectivity index is 2.18. The largest absolute Gasteiger partial charge is 0.489 e. The minimum absolute atomic E-state index is 0.387. The van der Waals surface area contributed by atoms with Gasteiger partial charge in [-0.1, -0.05) is 40.2 Å². The summed E-state index contributed by atoms with van der Waals surface area (Å²) in [5.41, 5.74) is 2.62. The quantitative estimate of drug-likeness (QED) is 0.793. The summed E-state index contributed by atoms with van der Waals surface area (Å²) in [5, 5.41) is 0. The first-order chi connectivity index (χ1) is 8.70. The van der Waals surface area contributed by atoms with Crippen molar-refractivity contribution in [2.45, 2.75) is 13.5 Å². The number of hydrogen-bond donors (Lipinski definition) is 0. The minimum Gasteiger partial charge on any atom is -0.489 e. The average Bonchev–Trinajstić information content (AvgIpc) is 2.38. The lowest BCUT2D eigenvalue weighted by molar-refractivity contribution is 0.112. The molecule has 18 heavy (non-hydrogen) atoms. The van der Waals surface area contributed by atoms with Crippen LogP contribution in [0.3, 0.4) is 0 Å². The van der Waals surface area contributed by atoms with Crippen LogP contribution in [0.25, 0.3) is 0 Å².